The highest BCUT2D eigenvalue weighted by atomic mass is 127. The Kier molecular flexibility index (Phi) is 4.02. The molecule has 10 heavy (non-hydrogen) atoms. The van der Waals surface area contributed by atoms with Crippen LogP contribution in [0.25, 0.3) is 0 Å². The average molecular weight is 249 g/mol. The maximum absolute atomic E-state index is 10.1. The summed E-state index contributed by atoms with van der Waals surface area (Å²) in [7, 11) is 0. The molecule has 0 atom stereocenters. The molecule has 0 aliphatic heterocycles. The van der Waals surface area contributed by atoms with Crippen molar-refractivity contribution in [2.24, 2.45) is 0 Å². The molecule has 2 nitrogen and oxygen atoms in total. The van der Waals surface area contributed by atoms with Gasteiger partial charge < -0.3 is 5.73 Å². The molecule has 3 heteroatoms. The molecule has 0 saturated heterocycles. The third-order valence-corrected chi connectivity index (χ3v) is 1.12. The van der Waals surface area contributed by atoms with Gasteiger partial charge in [-0.1, -0.05) is 12.1 Å². The lowest BCUT2D eigenvalue weighted by atomic mass is 10.2. The minimum atomic E-state index is 0. The Morgan fingerprint density at radius 1 is 1.30 bits per heavy atom. The van der Waals surface area contributed by atoms with Crippen LogP contribution in [-0.4, -0.2) is 6.29 Å². The first-order valence-corrected chi connectivity index (χ1v) is 2.64. The van der Waals surface area contributed by atoms with E-state index in [1.807, 2.05) is 0 Å². The van der Waals surface area contributed by atoms with E-state index >= 15 is 0 Å². The SMILES string of the molecule is I.Nc1ccccc1C=O. The largest absolute Gasteiger partial charge is 0.398 e. The molecule has 0 heterocycles. The van der Waals surface area contributed by atoms with E-state index < -0.39 is 0 Å². The number of benzene rings is 1. The van der Waals surface area contributed by atoms with Crippen molar-refractivity contribution in [3.05, 3.63) is 29.8 Å². The normalized spacial score (nSPS) is 8.00. The number of carbonyl (C=O) groups excluding carboxylic acids is 1. The second kappa shape index (κ2) is 4.27. The number of hydrogen-bond donors (Lipinski definition) is 1. The summed E-state index contributed by atoms with van der Waals surface area (Å²) < 4.78 is 0. The lowest BCUT2D eigenvalue weighted by Crippen LogP contribution is -1.90. The molecule has 0 spiro atoms. The van der Waals surface area contributed by atoms with Gasteiger partial charge in [-0.15, -0.1) is 24.0 Å². The van der Waals surface area contributed by atoms with E-state index in [4.69, 9.17) is 5.73 Å². The predicted octanol–water partition coefficient (Wildman–Crippen LogP) is 1.70. The molecule has 0 aliphatic carbocycles. The fraction of sp³-hybridized carbons (Fsp3) is 0. The van der Waals surface area contributed by atoms with Crippen LogP contribution in [0.1, 0.15) is 10.4 Å². The summed E-state index contributed by atoms with van der Waals surface area (Å²) in [5.41, 5.74) is 6.49. The van der Waals surface area contributed by atoms with Gasteiger partial charge in [0.2, 0.25) is 0 Å². The minimum Gasteiger partial charge on any atom is -0.398 e. The van der Waals surface area contributed by atoms with Gasteiger partial charge in [0.1, 0.15) is 0 Å². The van der Waals surface area contributed by atoms with E-state index in [9.17, 15) is 4.79 Å². The van der Waals surface area contributed by atoms with Crippen LogP contribution in [0.5, 0.6) is 0 Å². The predicted molar refractivity (Wildman–Crippen MR) is 51.7 cm³/mol. The standard InChI is InChI=1S/C7H7NO.HI/c8-7-4-2-1-3-6(7)5-9;/h1-5H,8H2;1H. The van der Waals surface area contributed by atoms with Gasteiger partial charge in [0.05, 0.1) is 0 Å². The Labute approximate surface area is 76.4 Å². The van der Waals surface area contributed by atoms with Crippen LogP contribution in [0.2, 0.25) is 0 Å². The molecule has 54 valence electrons. The number of nitrogen functional groups attached to an aromatic ring is 1. The fourth-order valence-corrected chi connectivity index (χ4v) is 0.618. The maximum Gasteiger partial charge on any atom is 0.152 e. The van der Waals surface area contributed by atoms with Gasteiger partial charge in [0.25, 0.3) is 0 Å². The van der Waals surface area contributed by atoms with Crippen molar-refractivity contribution in [3.8, 4) is 0 Å². The molecule has 0 radical (unpaired) electrons. The highest BCUT2D eigenvalue weighted by molar-refractivity contribution is 14.0. The Balaban J connectivity index is 0.000000810. The second-order valence-electron chi connectivity index (χ2n) is 1.75. The van der Waals surface area contributed by atoms with Gasteiger partial charge in [0, 0.05) is 11.3 Å². The molecule has 0 aliphatic rings. The lowest BCUT2D eigenvalue weighted by Gasteiger charge is -1.92. The van der Waals surface area contributed by atoms with Crippen molar-refractivity contribution >= 4 is 36.0 Å². The molecule has 0 fully saturated rings. The van der Waals surface area contributed by atoms with Crippen molar-refractivity contribution < 1.29 is 4.79 Å². The summed E-state index contributed by atoms with van der Waals surface area (Å²) in [4.78, 5) is 10.1. The Morgan fingerprint density at radius 2 is 1.90 bits per heavy atom. The van der Waals surface area contributed by atoms with Crippen LogP contribution in [0.3, 0.4) is 0 Å². The van der Waals surface area contributed by atoms with E-state index in [0.717, 1.165) is 6.29 Å². The summed E-state index contributed by atoms with van der Waals surface area (Å²) >= 11 is 0. The number of nitrogens with two attached hydrogens (primary N) is 1. The monoisotopic (exact) mass is 249 g/mol. The van der Waals surface area contributed by atoms with Crippen LogP contribution in [-0.2, 0) is 0 Å². The lowest BCUT2D eigenvalue weighted by molar-refractivity contribution is 0.112. The van der Waals surface area contributed by atoms with E-state index in [-0.39, 0.29) is 24.0 Å². The number of rotatable bonds is 1. The number of anilines is 1. The van der Waals surface area contributed by atoms with Crippen molar-refractivity contribution in [1.82, 2.24) is 0 Å². The quantitative estimate of drug-likeness (QED) is 0.467. The zero-order valence-corrected chi connectivity index (χ0v) is 7.61. The van der Waals surface area contributed by atoms with Gasteiger partial charge in [-0.05, 0) is 12.1 Å². The topological polar surface area (TPSA) is 43.1 Å². The van der Waals surface area contributed by atoms with Gasteiger partial charge in [-0.3, -0.25) is 4.79 Å². The van der Waals surface area contributed by atoms with Crippen molar-refractivity contribution in [2.75, 3.05) is 5.73 Å². The minimum absolute atomic E-state index is 0. The number of halogens is 1. The first-order chi connectivity index (χ1) is 4.34. The maximum atomic E-state index is 10.1. The van der Waals surface area contributed by atoms with Crippen LogP contribution in [0.4, 0.5) is 5.69 Å². The van der Waals surface area contributed by atoms with Crippen molar-refractivity contribution in [1.29, 1.82) is 0 Å². The van der Waals surface area contributed by atoms with E-state index in [1.165, 1.54) is 0 Å². The summed E-state index contributed by atoms with van der Waals surface area (Å²) in [6.07, 6.45) is 0.745. The molecule has 2 N–H and O–H groups in total. The summed E-state index contributed by atoms with van der Waals surface area (Å²) in [6, 6.07) is 6.95. The summed E-state index contributed by atoms with van der Waals surface area (Å²) in [5, 5.41) is 0. The molecule has 0 amide bonds. The van der Waals surface area contributed by atoms with Gasteiger partial charge in [-0.2, -0.15) is 0 Å². The smallest absolute Gasteiger partial charge is 0.152 e. The average Bonchev–Trinajstić information content (AvgIpc) is 1.89. The zero-order valence-electron chi connectivity index (χ0n) is 5.28. The van der Waals surface area contributed by atoms with Crippen LogP contribution >= 0.6 is 24.0 Å². The molecular formula is C7H8INO. The Hall–Kier alpha value is -0.580. The van der Waals surface area contributed by atoms with Crippen molar-refractivity contribution in [3.63, 3.8) is 0 Å². The molecule has 0 aromatic heterocycles. The highest BCUT2D eigenvalue weighted by Crippen LogP contribution is 2.05. The molecular weight excluding hydrogens is 241 g/mol. The van der Waals surface area contributed by atoms with Gasteiger partial charge in [-0.25, -0.2) is 0 Å². The second-order valence-corrected chi connectivity index (χ2v) is 1.75. The van der Waals surface area contributed by atoms with E-state index in [0.29, 0.717) is 11.3 Å². The number of carbonyl (C=O) groups is 1. The first-order valence-electron chi connectivity index (χ1n) is 2.64. The zero-order chi connectivity index (χ0) is 6.69. The van der Waals surface area contributed by atoms with Crippen molar-refractivity contribution in [2.45, 2.75) is 0 Å². The fourth-order valence-electron chi connectivity index (χ4n) is 0.618. The Morgan fingerprint density at radius 3 is 2.30 bits per heavy atom. The van der Waals surface area contributed by atoms with Gasteiger partial charge >= 0.3 is 0 Å². The third kappa shape index (κ3) is 1.98. The first kappa shape index (κ1) is 9.42. The molecule has 0 bridgehead atoms. The van der Waals surface area contributed by atoms with Crippen LogP contribution < -0.4 is 5.73 Å². The number of aldehydes is 1. The molecule has 1 rings (SSSR count). The van der Waals surface area contributed by atoms with Gasteiger partial charge in [0.15, 0.2) is 6.29 Å². The number of hydrogen-bond acceptors (Lipinski definition) is 2. The van der Waals surface area contributed by atoms with E-state index in [2.05, 4.69) is 0 Å². The molecule has 1 aromatic rings. The van der Waals surface area contributed by atoms with Crippen LogP contribution in [0.15, 0.2) is 24.3 Å². The molecule has 0 saturated carbocycles. The Bertz CT molecular complexity index is 225. The number of para-hydroxylation sites is 1. The van der Waals surface area contributed by atoms with Crippen LogP contribution in [0, 0.1) is 0 Å². The molecule has 0 unspecified atom stereocenters. The summed E-state index contributed by atoms with van der Waals surface area (Å²) in [6.45, 7) is 0. The summed E-state index contributed by atoms with van der Waals surface area (Å²) in [5.74, 6) is 0. The highest BCUT2D eigenvalue weighted by Gasteiger charge is 1.90. The third-order valence-electron chi connectivity index (χ3n) is 1.12. The van der Waals surface area contributed by atoms with E-state index in [1.54, 1.807) is 24.3 Å². The molecule has 1 aromatic carbocycles.